The second kappa shape index (κ2) is 7.55. The first-order chi connectivity index (χ1) is 12.0. The van der Waals surface area contributed by atoms with Gasteiger partial charge in [0.15, 0.2) is 0 Å². The predicted octanol–water partition coefficient (Wildman–Crippen LogP) is 3.20. The van der Waals surface area contributed by atoms with Crippen LogP contribution < -0.4 is 10.2 Å². The van der Waals surface area contributed by atoms with Gasteiger partial charge < -0.3 is 15.1 Å². The van der Waals surface area contributed by atoms with Crippen molar-refractivity contribution in [2.75, 3.05) is 42.9 Å². The topological polar surface area (TPSA) is 35.6 Å². The molecule has 1 N–H and O–H groups in total. The number of carbonyl (C=O) groups excluding carboxylic acids is 1. The molecule has 1 amide bonds. The van der Waals surface area contributed by atoms with Crippen LogP contribution >= 0.6 is 0 Å². The van der Waals surface area contributed by atoms with E-state index in [1.54, 1.807) is 12.1 Å². The Balaban J connectivity index is 1.52. The third-order valence-electron chi connectivity index (χ3n) is 4.84. The molecule has 0 aliphatic carbocycles. The number of carbonyl (C=O) groups is 1. The summed E-state index contributed by atoms with van der Waals surface area (Å²) in [6.45, 7) is 7.62. The van der Waals surface area contributed by atoms with Crippen LogP contribution in [0.25, 0.3) is 0 Å². The van der Waals surface area contributed by atoms with Gasteiger partial charge in [-0.25, -0.2) is 4.39 Å². The molecule has 0 bridgehead atoms. The van der Waals surface area contributed by atoms with Crippen molar-refractivity contribution in [1.82, 2.24) is 4.90 Å². The van der Waals surface area contributed by atoms with Crippen molar-refractivity contribution in [2.24, 2.45) is 0 Å². The first-order valence-corrected chi connectivity index (χ1v) is 8.63. The van der Waals surface area contributed by atoms with Gasteiger partial charge in [-0.3, -0.25) is 4.79 Å². The molecular formula is C20H24FN3O. The van der Waals surface area contributed by atoms with Crippen LogP contribution in [-0.2, 0) is 4.79 Å². The van der Waals surface area contributed by atoms with Crippen molar-refractivity contribution in [2.45, 2.75) is 13.8 Å². The Kier molecular flexibility index (Phi) is 5.22. The summed E-state index contributed by atoms with van der Waals surface area (Å²) >= 11 is 0. The van der Waals surface area contributed by atoms with E-state index in [-0.39, 0.29) is 18.3 Å². The molecule has 0 saturated carbocycles. The normalized spacial score (nSPS) is 14.5. The highest BCUT2D eigenvalue weighted by Crippen LogP contribution is 2.23. The lowest BCUT2D eigenvalue weighted by Gasteiger charge is -2.37. The van der Waals surface area contributed by atoms with Crippen LogP contribution in [0.15, 0.2) is 42.5 Å². The molecule has 5 heteroatoms. The molecule has 132 valence electrons. The van der Waals surface area contributed by atoms with Crippen molar-refractivity contribution in [3.05, 3.63) is 59.4 Å². The summed E-state index contributed by atoms with van der Waals surface area (Å²) in [5.41, 5.74) is 4.61. The molecule has 0 aromatic heterocycles. The van der Waals surface area contributed by atoms with Gasteiger partial charge in [0.05, 0.1) is 6.54 Å². The molecule has 4 nitrogen and oxygen atoms in total. The monoisotopic (exact) mass is 341 g/mol. The smallest absolute Gasteiger partial charge is 0.241 e. The third kappa shape index (κ3) is 4.10. The second-order valence-corrected chi connectivity index (χ2v) is 6.45. The Hall–Kier alpha value is -2.56. The first-order valence-electron chi connectivity index (χ1n) is 8.63. The van der Waals surface area contributed by atoms with E-state index in [9.17, 15) is 9.18 Å². The average molecular weight is 341 g/mol. The van der Waals surface area contributed by atoms with Crippen molar-refractivity contribution in [3.8, 4) is 0 Å². The highest BCUT2D eigenvalue weighted by Gasteiger charge is 2.22. The molecule has 0 unspecified atom stereocenters. The zero-order valence-corrected chi connectivity index (χ0v) is 14.8. The highest BCUT2D eigenvalue weighted by molar-refractivity contribution is 5.81. The number of hydrogen-bond donors (Lipinski definition) is 1. The maximum atomic E-state index is 12.9. The van der Waals surface area contributed by atoms with Gasteiger partial charge in [0, 0.05) is 37.6 Å². The van der Waals surface area contributed by atoms with Gasteiger partial charge in [-0.05, 0) is 55.3 Å². The number of hydrogen-bond acceptors (Lipinski definition) is 3. The number of aryl methyl sites for hydroxylation is 1. The summed E-state index contributed by atoms with van der Waals surface area (Å²) in [5.74, 6) is -0.204. The fourth-order valence-corrected chi connectivity index (χ4v) is 3.13. The van der Waals surface area contributed by atoms with Gasteiger partial charge in [-0.1, -0.05) is 12.1 Å². The minimum absolute atomic E-state index is 0.0740. The molecule has 2 aromatic rings. The van der Waals surface area contributed by atoms with Crippen LogP contribution in [0.2, 0.25) is 0 Å². The number of piperazine rings is 1. The van der Waals surface area contributed by atoms with Gasteiger partial charge in [0.1, 0.15) is 5.82 Å². The van der Waals surface area contributed by atoms with Gasteiger partial charge in [-0.2, -0.15) is 0 Å². The van der Waals surface area contributed by atoms with Crippen molar-refractivity contribution in [3.63, 3.8) is 0 Å². The maximum Gasteiger partial charge on any atom is 0.241 e. The third-order valence-corrected chi connectivity index (χ3v) is 4.84. The van der Waals surface area contributed by atoms with Crippen LogP contribution in [0.5, 0.6) is 0 Å². The van der Waals surface area contributed by atoms with E-state index in [0.717, 1.165) is 31.9 Å². The summed E-state index contributed by atoms with van der Waals surface area (Å²) in [7, 11) is 0. The number of nitrogens with zero attached hydrogens (tertiary/aromatic N) is 2. The molecule has 0 atom stereocenters. The predicted molar refractivity (Wildman–Crippen MR) is 99.6 cm³/mol. The zero-order chi connectivity index (χ0) is 17.8. The van der Waals surface area contributed by atoms with E-state index in [1.807, 2.05) is 4.90 Å². The Morgan fingerprint density at radius 3 is 2.40 bits per heavy atom. The van der Waals surface area contributed by atoms with Crippen molar-refractivity contribution in [1.29, 1.82) is 0 Å². The Bertz CT molecular complexity index is 737. The molecule has 25 heavy (non-hydrogen) atoms. The number of benzene rings is 2. The highest BCUT2D eigenvalue weighted by atomic mass is 19.1. The summed E-state index contributed by atoms with van der Waals surface area (Å²) in [5, 5.41) is 3.06. The molecule has 1 aliphatic heterocycles. The van der Waals surface area contributed by atoms with E-state index in [0.29, 0.717) is 0 Å². The van der Waals surface area contributed by atoms with E-state index >= 15 is 0 Å². The lowest BCUT2D eigenvalue weighted by molar-refractivity contribution is -0.129. The molecule has 1 aliphatic rings. The SMILES string of the molecule is Cc1cccc(N2CCN(C(=O)CNc3ccc(F)cc3)CC2)c1C. The van der Waals surface area contributed by atoms with Gasteiger partial charge in [0.25, 0.3) is 0 Å². The van der Waals surface area contributed by atoms with Gasteiger partial charge in [0.2, 0.25) is 5.91 Å². The maximum absolute atomic E-state index is 12.9. The fraction of sp³-hybridized carbons (Fsp3) is 0.350. The van der Waals surface area contributed by atoms with E-state index in [1.165, 1.54) is 28.9 Å². The number of anilines is 2. The van der Waals surface area contributed by atoms with E-state index in [2.05, 4.69) is 42.3 Å². The van der Waals surface area contributed by atoms with Crippen LogP contribution in [0, 0.1) is 19.7 Å². The number of amides is 1. The Morgan fingerprint density at radius 1 is 1.04 bits per heavy atom. The zero-order valence-electron chi connectivity index (χ0n) is 14.8. The fourth-order valence-electron chi connectivity index (χ4n) is 3.13. The molecule has 0 spiro atoms. The van der Waals surface area contributed by atoms with E-state index in [4.69, 9.17) is 0 Å². The number of nitrogens with one attached hydrogen (secondary N) is 1. The number of rotatable bonds is 4. The largest absolute Gasteiger partial charge is 0.376 e. The minimum Gasteiger partial charge on any atom is -0.376 e. The summed E-state index contributed by atoms with van der Waals surface area (Å²) in [6.07, 6.45) is 0. The molecule has 1 heterocycles. The van der Waals surface area contributed by atoms with Gasteiger partial charge >= 0.3 is 0 Å². The molecule has 1 fully saturated rings. The molecule has 2 aromatic carbocycles. The summed E-state index contributed by atoms with van der Waals surface area (Å²) in [4.78, 5) is 16.6. The summed E-state index contributed by atoms with van der Waals surface area (Å²) in [6, 6.07) is 12.4. The Labute approximate surface area is 148 Å². The number of halogens is 1. The summed E-state index contributed by atoms with van der Waals surface area (Å²) < 4.78 is 12.9. The Morgan fingerprint density at radius 2 is 1.72 bits per heavy atom. The first kappa shape index (κ1) is 17.3. The van der Waals surface area contributed by atoms with Crippen molar-refractivity contribution < 1.29 is 9.18 Å². The van der Waals surface area contributed by atoms with Crippen molar-refractivity contribution >= 4 is 17.3 Å². The molecule has 3 rings (SSSR count). The van der Waals surface area contributed by atoms with Crippen LogP contribution in [0.4, 0.5) is 15.8 Å². The molecule has 1 saturated heterocycles. The quantitative estimate of drug-likeness (QED) is 0.928. The molecular weight excluding hydrogens is 317 g/mol. The van der Waals surface area contributed by atoms with E-state index < -0.39 is 0 Å². The van der Waals surface area contributed by atoms with Gasteiger partial charge in [-0.15, -0.1) is 0 Å². The minimum atomic E-state index is -0.278. The second-order valence-electron chi connectivity index (χ2n) is 6.45. The van der Waals surface area contributed by atoms with Crippen LogP contribution in [-0.4, -0.2) is 43.5 Å². The lowest BCUT2D eigenvalue weighted by Crippen LogP contribution is -2.50. The molecule has 0 radical (unpaired) electrons. The lowest BCUT2D eigenvalue weighted by atomic mass is 10.1. The van der Waals surface area contributed by atoms with Crippen LogP contribution in [0.1, 0.15) is 11.1 Å². The standard InChI is InChI=1S/C20H24FN3O/c1-15-4-3-5-19(16(15)2)23-10-12-24(13-11-23)20(25)14-22-18-8-6-17(21)7-9-18/h3-9,22H,10-14H2,1-2H3. The van der Waals surface area contributed by atoms with Crippen LogP contribution in [0.3, 0.4) is 0 Å². The average Bonchev–Trinajstić information content (AvgIpc) is 2.63.